The summed E-state index contributed by atoms with van der Waals surface area (Å²) in [5.41, 5.74) is -1.11. The number of thioether (sulfide) groups is 1. The first-order chi connectivity index (χ1) is 7.19. The largest absolute Gasteiger partial charge is 0.328 e. The number of aryl methyl sites for hydroxylation is 1. The van der Waals surface area contributed by atoms with Gasteiger partial charge in [-0.2, -0.15) is 17.0 Å². The van der Waals surface area contributed by atoms with Gasteiger partial charge in [0.15, 0.2) is 0 Å². The highest BCUT2D eigenvalue weighted by Crippen LogP contribution is 1.97. The molecule has 1 heterocycles. The maximum atomic E-state index is 11.3. The normalized spacial score (nSPS) is 9.87. The zero-order chi connectivity index (χ0) is 11.3. The molecule has 1 N–H and O–H groups in total. The summed E-state index contributed by atoms with van der Waals surface area (Å²) >= 11 is 1.69. The number of nitriles is 1. The number of aromatic amines is 1. The third-order valence-corrected chi connectivity index (χ3v) is 2.58. The molecule has 0 saturated carbocycles. The van der Waals surface area contributed by atoms with Crippen molar-refractivity contribution in [3.63, 3.8) is 0 Å². The van der Waals surface area contributed by atoms with Crippen molar-refractivity contribution in [2.75, 3.05) is 12.0 Å². The van der Waals surface area contributed by atoms with E-state index in [2.05, 4.69) is 4.98 Å². The number of hydrogen-bond acceptors (Lipinski definition) is 4. The quantitative estimate of drug-likeness (QED) is 0.740. The average molecular weight is 225 g/mol. The Morgan fingerprint density at radius 1 is 1.60 bits per heavy atom. The van der Waals surface area contributed by atoms with Crippen molar-refractivity contribution in [2.45, 2.75) is 13.0 Å². The predicted molar refractivity (Wildman–Crippen MR) is 59.0 cm³/mol. The lowest BCUT2D eigenvalue weighted by Crippen LogP contribution is -2.31. The molecule has 1 aromatic heterocycles. The van der Waals surface area contributed by atoms with E-state index in [4.69, 9.17) is 5.26 Å². The number of nitrogens with one attached hydrogen (secondary N) is 1. The molecule has 0 radical (unpaired) electrons. The van der Waals surface area contributed by atoms with Crippen LogP contribution in [0.1, 0.15) is 12.0 Å². The Kier molecular flexibility index (Phi) is 4.18. The molecule has 1 rings (SSSR count). The van der Waals surface area contributed by atoms with Crippen LogP contribution in [0.5, 0.6) is 0 Å². The molecule has 15 heavy (non-hydrogen) atoms. The highest BCUT2D eigenvalue weighted by atomic mass is 32.2. The van der Waals surface area contributed by atoms with Gasteiger partial charge in [-0.05, 0) is 18.4 Å². The van der Waals surface area contributed by atoms with Crippen LogP contribution in [0.2, 0.25) is 0 Å². The molecule has 0 bridgehead atoms. The van der Waals surface area contributed by atoms with Gasteiger partial charge < -0.3 is 0 Å². The molecule has 0 spiro atoms. The number of rotatable bonds is 4. The van der Waals surface area contributed by atoms with E-state index in [0.29, 0.717) is 6.54 Å². The summed E-state index contributed by atoms with van der Waals surface area (Å²) in [6.07, 6.45) is 4.12. The van der Waals surface area contributed by atoms with Crippen molar-refractivity contribution >= 4 is 11.8 Å². The first kappa shape index (κ1) is 11.6. The Balaban J connectivity index is 2.94. The van der Waals surface area contributed by atoms with Gasteiger partial charge in [0.2, 0.25) is 0 Å². The minimum absolute atomic E-state index is 0.0289. The summed E-state index contributed by atoms with van der Waals surface area (Å²) in [5.74, 6) is 0.938. The maximum absolute atomic E-state index is 11.3. The third kappa shape index (κ3) is 2.99. The second kappa shape index (κ2) is 5.41. The van der Waals surface area contributed by atoms with E-state index in [1.807, 2.05) is 6.26 Å². The highest BCUT2D eigenvalue weighted by Gasteiger charge is 2.02. The lowest BCUT2D eigenvalue weighted by molar-refractivity contribution is 0.634. The Labute approximate surface area is 90.7 Å². The molecule has 80 valence electrons. The molecular weight excluding hydrogens is 214 g/mol. The van der Waals surface area contributed by atoms with Crippen LogP contribution in [-0.2, 0) is 6.54 Å². The fourth-order valence-electron chi connectivity index (χ4n) is 1.13. The van der Waals surface area contributed by atoms with E-state index in [1.165, 1.54) is 10.8 Å². The van der Waals surface area contributed by atoms with Crippen LogP contribution < -0.4 is 11.2 Å². The summed E-state index contributed by atoms with van der Waals surface area (Å²) in [6.45, 7) is 0.519. The summed E-state index contributed by atoms with van der Waals surface area (Å²) in [6, 6.07) is 1.74. The molecular formula is C9H11N3O2S. The Morgan fingerprint density at radius 2 is 2.33 bits per heavy atom. The first-order valence-electron chi connectivity index (χ1n) is 4.42. The number of H-pyrrole nitrogens is 1. The van der Waals surface area contributed by atoms with Crippen molar-refractivity contribution in [1.82, 2.24) is 9.55 Å². The lowest BCUT2D eigenvalue weighted by atomic mass is 10.3. The Bertz CT molecular complexity index is 483. The van der Waals surface area contributed by atoms with Crippen LogP contribution in [0.15, 0.2) is 15.8 Å². The topological polar surface area (TPSA) is 78.7 Å². The van der Waals surface area contributed by atoms with Crippen LogP contribution in [0.4, 0.5) is 0 Å². The van der Waals surface area contributed by atoms with Gasteiger partial charge in [-0.25, -0.2) is 4.79 Å². The van der Waals surface area contributed by atoms with E-state index >= 15 is 0 Å². The van der Waals surface area contributed by atoms with Gasteiger partial charge in [-0.15, -0.1) is 0 Å². The summed E-state index contributed by atoms with van der Waals surface area (Å²) in [5, 5.41) is 8.62. The van der Waals surface area contributed by atoms with Crippen LogP contribution in [0, 0.1) is 11.3 Å². The fraction of sp³-hybridized carbons (Fsp3) is 0.444. The lowest BCUT2D eigenvalue weighted by Gasteiger charge is -2.03. The van der Waals surface area contributed by atoms with Crippen molar-refractivity contribution < 1.29 is 0 Å². The number of nitrogens with zero attached hydrogens (tertiary/aromatic N) is 2. The van der Waals surface area contributed by atoms with Gasteiger partial charge in [-0.1, -0.05) is 0 Å². The molecule has 0 aromatic carbocycles. The van der Waals surface area contributed by atoms with Crippen LogP contribution in [0.3, 0.4) is 0 Å². The zero-order valence-electron chi connectivity index (χ0n) is 8.32. The SMILES string of the molecule is CSCCCn1cc(C#N)c(=O)[nH]c1=O. The van der Waals surface area contributed by atoms with Crippen molar-refractivity contribution in [2.24, 2.45) is 0 Å². The van der Waals surface area contributed by atoms with E-state index < -0.39 is 11.2 Å². The van der Waals surface area contributed by atoms with Gasteiger partial charge in [0.25, 0.3) is 5.56 Å². The van der Waals surface area contributed by atoms with Crippen molar-refractivity contribution in [3.8, 4) is 6.07 Å². The van der Waals surface area contributed by atoms with Gasteiger partial charge in [0.05, 0.1) is 0 Å². The molecule has 5 nitrogen and oxygen atoms in total. The van der Waals surface area contributed by atoms with Gasteiger partial charge >= 0.3 is 5.69 Å². The second-order valence-electron chi connectivity index (χ2n) is 2.95. The van der Waals surface area contributed by atoms with E-state index in [1.54, 1.807) is 17.8 Å². The van der Waals surface area contributed by atoms with E-state index in [0.717, 1.165) is 12.2 Å². The standard InChI is InChI=1S/C9H11N3O2S/c1-15-4-2-3-12-6-7(5-10)8(13)11-9(12)14/h6H,2-4H2,1H3,(H,11,13,14). The van der Waals surface area contributed by atoms with Crippen molar-refractivity contribution in [1.29, 1.82) is 5.26 Å². The smallest absolute Gasteiger partial charge is 0.299 e. The maximum Gasteiger partial charge on any atom is 0.328 e. The summed E-state index contributed by atoms with van der Waals surface area (Å²) in [4.78, 5) is 24.5. The zero-order valence-corrected chi connectivity index (χ0v) is 9.13. The molecule has 0 amide bonds. The second-order valence-corrected chi connectivity index (χ2v) is 3.94. The molecule has 0 unspecified atom stereocenters. The average Bonchev–Trinajstić information content (AvgIpc) is 2.21. The summed E-state index contributed by atoms with van der Waals surface area (Å²) < 4.78 is 1.36. The molecule has 0 atom stereocenters. The molecule has 0 saturated heterocycles. The fourth-order valence-corrected chi connectivity index (χ4v) is 1.55. The molecule has 0 fully saturated rings. The van der Waals surface area contributed by atoms with Gasteiger partial charge in [0, 0.05) is 12.7 Å². The van der Waals surface area contributed by atoms with E-state index in [-0.39, 0.29) is 5.56 Å². The van der Waals surface area contributed by atoms with Crippen LogP contribution in [0.25, 0.3) is 0 Å². The summed E-state index contributed by atoms with van der Waals surface area (Å²) in [7, 11) is 0. The van der Waals surface area contributed by atoms with Crippen LogP contribution in [-0.4, -0.2) is 21.6 Å². The molecule has 0 aliphatic rings. The van der Waals surface area contributed by atoms with E-state index in [9.17, 15) is 9.59 Å². The number of hydrogen-bond donors (Lipinski definition) is 1. The predicted octanol–water partition coefficient (Wildman–Crippen LogP) is 0.161. The molecule has 1 aromatic rings. The number of aromatic nitrogens is 2. The molecule has 0 aliphatic heterocycles. The third-order valence-electron chi connectivity index (χ3n) is 1.88. The molecule has 6 heteroatoms. The van der Waals surface area contributed by atoms with Gasteiger partial charge in [0.1, 0.15) is 11.6 Å². The highest BCUT2D eigenvalue weighted by molar-refractivity contribution is 7.98. The van der Waals surface area contributed by atoms with Crippen molar-refractivity contribution in [3.05, 3.63) is 32.6 Å². The minimum Gasteiger partial charge on any atom is -0.299 e. The Morgan fingerprint density at radius 3 is 2.93 bits per heavy atom. The monoisotopic (exact) mass is 225 g/mol. The first-order valence-corrected chi connectivity index (χ1v) is 5.81. The Hall–Kier alpha value is -1.48. The van der Waals surface area contributed by atoms with Gasteiger partial charge in [-0.3, -0.25) is 14.3 Å². The van der Waals surface area contributed by atoms with Crippen LogP contribution >= 0.6 is 11.8 Å². The minimum atomic E-state index is -0.622. The molecule has 0 aliphatic carbocycles.